The summed E-state index contributed by atoms with van der Waals surface area (Å²) in [5, 5.41) is 12.1. The minimum atomic E-state index is -0.507. The number of methoxy groups -OCH3 is 2. The molecule has 1 N–H and O–H groups in total. The molecule has 0 atom stereocenters. The Labute approximate surface area is 166 Å². The molecule has 0 aliphatic carbocycles. The normalized spacial score (nSPS) is 10.7. The van der Waals surface area contributed by atoms with E-state index in [1.165, 1.54) is 20.3 Å². The number of nitrogens with one attached hydrogen (secondary N) is 1. The number of hydrogen-bond donors (Lipinski definition) is 1. The van der Waals surface area contributed by atoms with Gasteiger partial charge in [0, 0.05) is 5.69 Å². The Hall–Kier alpha value is -2.98. The SMILES string of the molecule is CCOc1ccc(NC(=O)/C(C#N)=C/c2cc(Br)c(OC)c(OC)c2)cc1. The Kier molecular flexibility index (Phi) is 7.26. The summed E-state index contributed by atoms with van der Waals surface area (Å²) in [5.41, 5.74) is 1.15. The van der Waals surface area contributed by atoms with Crippen LogP contribution in [0.2, 0.25) is 0 Å². The van der Waals surface area contributed by atoms with E-state index >= 15 is 0 Å². The third-order valence-electron chi connectivity index (χ3n) is 3.56. The van der Waals surface area contributed by atoms with Crippen molar-refractivity contribution in [3.8, 4) is 23.3 Å². The molecular formula is C20H19BrN2O4. The summed E-state index contributed by atoms with van der Waals surface area (Å²) in [6.07, 6.45) is 1.48. The standard InChI is InChI=1S/C20H19BrN2O4/c1-4-27-16-7-5-15(6-8-16)23-20(24)14(12-22)9-13-10-17(21)19(26-3)18(11-13)25-2/h5-11H,4H2,1-3H3,(H,23,24)/b14-9+. The monoisotopic (exact) mass is 430 g/mol. The molecule has 0 heterocycles. The first-order chi connectivity index (χ1) is 13.0. The van der Waals surface area contributed by atoms with Crippen LogP contribution in [0.4, 0.5) is 5.69 Å². The fourth-order valence-electron chi connectivity index (χ4n) is 2.34. The maximum atomic E-state index is 12.4. The van der Waals surface area contributed by atoms with Gasteiger partial charge in [0.25, 0.3) is 5.91 Å². The van der Waals surface area contributed by atoms with Crippen molar-refractivity contribution in [2.45, 2.75) is 6.92 Å². The van der Waals surface area contributed by atoms with Crippen LogP contribution in [0.3, 0.4) is 0 Å². The van der Waals surface area contributed by atoms with Crippen LogP contribution in [0.15, 0.2) is 46.4 Å². The summed E-state index contributed by atoms with van der Waals surface area (Å²) in [4.78, 5) is 12.4. The predicted molar refractivity (Wildman–Crippen MR) is 107 cm³/mol. The number of amides is 1. The smallest absolute Gasteiger partial charge is 0.266 e. The van der Waals surface area contributed by atoms with Crippen LogP contribution >= 0.6 is 15.9 Å². The minimum Gasteiger partial charge on any atom is -0.494 e. The molecule has 2 aromatic carbocycles. The molecule has 0 aliphatic rings. The molecule has 2 aromatic rings. The van der Waals surface area contributed by atoms with Gasteiger partial charge in [-0.25, -0.2) is 0 Å². The Morgan fingerprint density at radius 3 is 2.48 bits per heavy atom. The summed E-state index contributed by atoms with van der Waals surface area (Å²) in [6, 6.07) is 12.3. The number of anilines is 1. The number of nitriles is 1. The second-order valence-electron chi connectivity index (χ2n) is 5.32. The number of rotatable bonds is 7. The number of hydrogen-bond acceptors (Lipinski definition) is 5. The number of ether oxygens (including phenoxy) is 3. The molecule has 7 heteroatoms. The molecule has 1 amide bonds. The van der Waals surface area contributed by atoms with E-state index in [1.54, 1.807) is 36.4 Å². The van der Waals surface area contributed by atoms with Crippen molar-refractivity contribution in [2.75, 3.05) is 26.1 Å². The van der Waals surface area contributed by atoms with Gasteiger partial charge in [0.2, 0.25) is 0 Å². The fraction of sp³-hybridized carbons (Fsp3) is 0.200. The molecule has 2 rings (SSSR count). The van der Waals surface area contributed by atoms with E-state index in [0.29, 0.717) is 39.6 Å². The molecule has 27 heavy (non-hydrogen) atoms. The van der Waals surface area contributed by atoms with E-state index in [9.17, 15) is 10.1 Å². The second kappa shape index (κ2) is 9.64. The minimum absolute atomic E-state index is 0.0389. The number of nitrogens with zero attached hydrogens (tertiary/aromatic N) is 1. The van der Waals surface area contributed by atoms with Gasteiger partial charge >= 0.3 is 0 Å². The maximum Gasteiger partial charge on any atom is 0.266 e. The number of benzene rings is 2. The number of halogens is 1. The zero-order chi connectivity index (χ0) is 19.8. The molecule has 0 aromatic heterocycles. The first-order valence-electron chi connectivity index (χ1n) is 8.09. The van der Waals surface area contributed by atoms with Gasteiger partial charge in [-0.1, -0.05) is 0 Å². The third-order valence-corrected chi connectivity index (χ3v) is 4.14. The number of carbonyl (C=O) groups excluding carboxylic acids is 1. The van der Waals surface area contributed by atoms with Crippen molar-refractivity contribution in [2.24, 2.45) is 0 Å². The summed E-state index contributed by atoms with van der Waals surface area (Å²) >= 11 is 3.39. The van der Waals surface area contributed by atoms with E-state index in [2.05, 4.69) is 21.2 Å². The third kappa shape index (κ3) is 5.25. The lowest BCUT2D eigenvalue weighted by atomic mass is 10.1. The quantitative estimate of drug-likeness (QED) is 0.519. The Morgan fingerprint density at radius 1 is 1.22 bits per heavy atom. The van der Waals surface area contributed by atoms with E-state index in [4.69, 9.17) is 14.2 Å². The number of carbonyl (C=O) groups is 1. The first-order valence-corrected chi connectivity index (χ1v) is 8.89. The van der Waals surface area contributed by atoms with Crippen LogP contribution in [-0.4, -0.2) is 26.7 Å². The van der Waals surface area contributed by atoms with Crippen molar-refractivity contribution in [1.82, 2.24) is 0 Å². The highest BCUT2D eigenvalue weighted by Crippen LogP contribution is 2.36. The molecule has 0 unspecified atom stereocenters. The van der Waals surface area contributed by atoms with Crippen LogP contribution in [0.5, 0.6) is 17.2 Å². The molecule has 0 radical (unpaired) electrons. The Balaban J connectivity index is 2.24. The molecule has 0 aliphatic heterocycles. The van der Waals surface area contributed by atoms with Crippen molar-refractivity contribution < 1.29 is 19.0 Å². The van der Waals surface area contributed by atoms with E-state index in [0.717, 1.165) is 0 Å². The van der Waals surface area contributed by atoms with Crippen molar-refractivity contribution in [3.05, 3.63) is 52.0 Å². The van der Waals surface area contributed by atoms with Crippen molar-refractivity contribution in [3.63, 3.8) is 0 Å². The van der Waals surface area contributed by atoms with Gasteiger partial charge < -0.3 is 19.5 Å². The first kappa shape index (κ1) is 20.3. The van der Waals surface area contributed by atoms with Crippen LogP contribution in [0.25, 0.3) is 6.08 Å². The topological polar surface area (TPSA) is 80.6 Å². The summed E-state index contributed by atoms with van der Waals surface area (Å²) < 4.78 is 16.6. The van der Waals surface area contributed by atoms with Gasteiger partial charge in [-0.05, 0) is 70.9 Å². The summed E-state index contributed by atoms with van der Waals surface area (Å²) in [7, 11) is 3.05. The highest BCUT2D eigenvalue weighted by atomic mass is 79.9. The molecular weight excluding hydrogens is 412 g/mol. The highest BCUT2D eigenvalue weighted by molar-refractivity contribution is 9.10. The van der Waals surface area contributed by atoms with Gasteiger partial charge in [0.15, 0.2) is 11.5 Å². The Bertz CT molecular complexity index is 886. The van der Waals surface area contributed by atoms with Gasteiger partial charge in [-0.3, -0.25) is 4.79 Å². The molecule has 0 fully saturated rings. The van der Waals surface area contributed by atoms with E-state index in [-0.39, 0.29) is 5.57 Å². The lowest BCUT2D eigenvalue weighted by molar-refractivity contribution is -0.112. The van der Waals surface area contributed by atoms with E-state index in [1.807, 2.05) is 13.0 Å². The van der Waals surface area contributed by atoms with Gasteiger partial charge in [0.1, 0.15) is 17.4 Å². The lowest BCUT2D eigenvalue weighted by Gasteiger charge is -2.11. The van der Waals surface area contributed by atoms with Gasteiger partial charge in [-0.2, -0.15) is 5.26 Å². The average Bonchev–Trinajstić information content (AvgIpc) is 2.67. The fourth-order valence-corrected chi connectivity index (χ4v) is 2.96. The maximum absolute atomic E-state index is 12.4. The lowest BCUT2D eigenvalue weighted by Crippen LogP contribution is -2.13. The molecule has 0 saturated heterocycles. The molecule has 0 spiro atoms. The molecule has 0 saturated carbocycles. The van der Waals surface area contributed by atoms with Gasteiger partial charge in [0.05, 0.1) is 25.3 Å². The van der Waals surface area contributed by atoms with Crippen molar-refractivity contribution in [1.29, 1.82) is 5.26 Å². The van der Waals surface area contributed by atoms with Gasteiger partial charge in [-0.15, -0.1) is 0 Å². The molecule has 0 bridgehead atoms. The zero-order valence-corrected chi connectivity index (χ0v) is 16.8. The molecule has 140 valence electrons. The average molecular weight is 431 g/mol. The highest BCUT2D eigenvalue weighted by Gasteiger charge is 2.13. The van der Waals surface area contributed by atoms with Crippen molar-refractivity contribution >= 4 is 33.6 Å². The molecule has 6 nitrogen and oxygen atoms in total. The van der Waals surface area contributed by atoms with Crippen LogP contribution in [0, 0.1) is 11.3 Å². The Morgan fingerprint density at radius 2 is 1.93 bits per heavy atom. The zero-order valence-electron chi connectivity index (χ0n) is 15.2. The largest absolute Gasteiger partial charge is 0.494 e. The predicted octanol–water partition coefficient (Wildman–Crippen LogP) is 4.41. The van der Waals surface area contributed by atoms with Crippen LogP contribution in [0.1, 0.15) is 12.5 Å². The summed E-state index contributed by atoms with van der Waals surface area (Å²) in [6.45, 7) is 2.46. The van der Waals surface area contributed by atoms with Crippen LogP contribution in [-0.2, 0) is 4.79 Å². The second-order valence-corrected chi connectivity index (χ2v) is 6.17. The van der Waals surface area contributed by atoms with E-state index < -0.39 is 5.91 Å². The summed E-state index contributed by atoms with van der Waals surface area (Å²) in [5.74, 6) is 1.23. The van der Waals surface area contributed by atoms with Crippen LogP contribution < -0.4 is 19.5 Å².